The first-order valence-electron chi connectivity index (χ1n) is 3.20. The molecule has 0 N–H and O–H groups in total. The SMILES string of the molecule is CCCCC(=O)OCOI. The van der Waals surface area contributed by atoms with Crippen LogP contribution < -0.4 is 0 Å². The maximum Gasteiger partial charge on any atom is 0.307 e. The number of esters is 1. The van der Waals surface area contributed by atoms with Gasteiger partial charge in [0.25, 0.3) is 0 Å². The third-order valence-corrected chi connectivity index (χ3v) is 1.25. The van der Waals surface area contributed by atoms with Crippen molar-refractivity contribution in [2.75, 3.05) is 6.79 Å². The van der Waals surface area contributed by atoms with Gasteiger partial charge in [0.15, 0.2) is 0 Å². The Labute approximate surface area is 74.8 Å². The number of hydrogen-bond acceptors (Lipinski definition) is 3. The van der Waals surface area contributed by atoms with Gasteiger partial charge in [0.05, 0.1) is 0 Å². The van der Waals surface area contributed by atoms with Crippen LogP contribution in [0.5, 0.6) is 0 Å². The summed E-state index contributed by atoms with van der Waals surface area (Å²) in [6, 6.07) is 0. The zero-order chi connectivity index (χ0) is 7.82. The molecule has 0 aromatic carbocycles. The molecular formula is C6H11IO3. The molecule has 0 heterocycles. The van der Waals surface area contributed by atoms with Gasteiger partial charge < -0.3 is 4.74 Å². The van der Waals surface area contributed by atoms with E-state index in [2.05, 4.69) is 7.80 Å². The smallest absolute Gasteiger partial charge is 0.307 e. The van der Waals surface area contributed by atoms with Gasteiger partial charge in [-0.05, 0) is 6.42 Å². The van der Waals surface area contributed by atoms with E-state index in [1.807, 2.05) is 6.92 Å². The normalized spacial score (nSPS) is 9.40. The van der Waals surface area contributed by atoms with Crippen LogP contribution in [0.25, 0.3) is 0 Å². The molecule has 0 aromatic rings. The molecule has 10 heavy (non-hydrogen) atoms. The highest BCUT2D eigenvalue weighted by molar-refractivity contribution is 14.1. The second kappa shape index (κ2) is 7.27. The fraction of sp³-hybridized carbons (Fsp3) is 0.833. The Kier molecular flexibility index (Phi) is 7.39. The number of hydrogen-bond donors (Lipinski definition) is 0. The zero-order valence-corrected chi connectivity index (χ0v) is 8.09. The minimum Gasteiger partial charge on any atom is -0.438 e. The van der Waals surface area contributed by atoms with Crippen LogP contribution in [0.15, 0.2) is 0 Å². The van der Waals surface area contributed by atoms with Crippen molar-refractivity contribution >= 4 is 29.0 Å². The second-order valence-corrected chi connectivity index (χ2v) is 2.47. The lowest BCUT2D eigenvalue weighted by atomic mass is 10.3. The molecular weight excluding hydrogens is 247 g/mol. The van der Waals surface area contributed by atoms with Crippen molar-refractivity contribution in [2.45, 2.75) is 26.2 Å². The van der Waals surface area contributed by atoms with Gasteiger partial charge in [-0.15, -0.1) is 0 Å². The maximum absolute atomic E-state index is 10.7. The highest BCUT2D eigenvalue weighted by Crippen LogP contribution is 1.97. The average molecular weight is 258 g/mol. The van der Waals surface area contributed by atoms with Gasteiger partial charge in [0, 0.05) is 6.42 Å². The van der Waals surface area contributed by atoms with Crippen molar-refractivity contribution in [1.82, 2.24) is 0 Å². The summed E-state index contributed by atoms with van der Waals surface area (Å²) in [5.74, 6) is -0.182. The Bertz CT molecular complexity index is 85.0. The van der Waals surface area contributed by atoms with Gasteiger partial charge in [0.1, 0.15) is 23.0 Å². The number of carbonyl (C=O) groups is 1. The molecule has 0 spiro atoms. The van der Waals surface area contributed by atoms with Crippen LogP contribution in [0.1, 0.15) is 26.2 Å². The molecule has 60 valence electrons. The van der Waals surface area contributed by atoms with Crippen LogP contribution in [0, 0.1) is 0 Å². The number of halogens is 1. The summed E-state index contributed by atoms with van der Waals surface area (Å²) in [5.41, 5.74) is 0. The molecule has 0 aliphatic heterocycles. The topological polar surface area (TPSA) is 35.5 Å². The lowest BCUT2D eigenvalue weighted by Crippen LogP contribution is -2.04. The van der Waals surface area contributed by atoms with Gasteiger partial charge >= 0.3 is 5.97 Å². The Morgan fingerprint density at radius 2 is 2.30 bits per heavy atom. The molecule has 0 radical (unpaired) electrons. The van der Waals surface area contributed by atoms with Crippen molar-refractivity contribution in [3.8, 4) is 0 Å². The van der Waals surface area contributed by atoms with E-state index in [1.165, 1.54) is 0 Å². The number of rotatable bonds is 5. The molecule has 0 fully saturated rings. The third kappa shape index (κ3) is 6.28. The Morgan fingerprint density at radius 1 is 1.60 bits per heavy atom. The van der Waals surface area contributed by atoms with E-state index in [0.29, 0.717) is 6.42 Å². The molecule has 0 saturated heterocycles. The molecule has 0 aliphatic carbocycles. The van der Waals surface area contributed by atoms with E-state index in [4.69, 9.17) is 0 Å². The van der Waals surface area contributed by atoms with Crippen LogP contribution in [-0.4, -0.2) is 12.8 Å². The predicted octanol–water partition coefficient (Wildman–Crippen LogP) is 2.04. The minimum absolute atomic E-state index is 0.0586. The maximum atomic E-state index is 10.7. The molecule has 0 aromatic heterocycles. The predicted molar refractivity (Wildman–Crippen MR) is 45.6 cm³/mol. The quantitative estimate of drug-likeness (QED) is 0.430. The van der Waals surface area contributed by atoms with Crippen LogP contribution in [0.4, 0.5) is 0 Å². The van der Waals surface area contributed by atoms with Crippen molar-refractivity contribution < 1.29 is 12.6 Å². The third-order valence-electron chi connectivity index (χ3n) is 0.999. The summed E-state index contributed by atoms with van der Waals surface area (Å²) in [6.45, 7) is 2.09. The number of unbranched alkanes of at least 4 members (excludes halogenated alkanes) is 1. The van der Waals surface area contributed by atoms with Crippen LogP contribution in [0.3, 0.4) is 0 Å². The summed E-state index contributed by atoms with van der Waals surface area (Å²) < 4.78 is 9.14. The summed E-state index contributed by atoms with van der Waals surface area (Å²) >= 11 is 1.68. The summed E-state index contributed by atoms with van der Waals surface area (Å²) in [7, 11) is 0. The van der Waals surface area contributed by atoms with E-state index in [-0.39, 0.29) is 12.8 Å². The van der Waals surface area contributed by atoms with Gasteiger partial charge in [-0.2, -0.15) is 0 Å². The number of ether oxygens (including phenoxy) is 1. The first-order valence-corrected chi connectivity index (χ1v) is 4.08. The fourth-order valence-electron chi connectivity index (χ4n) is 0.481. The zero-order valence-electron chi connectivity index (χ0n) is 5.93. The Hall–Kier alpha value is 0.160. The lowest BCUT2D eigenvalue weighted by Gasteiger charge is -1.99. The largest absolute Gasteiger partial charge is 0.438 e. The van der Waals surface area contributed by atoms with Crippen molar-refractivity contribution in [3.05, 3.63) is 0 Å². The Morgan fingerprint density at radius 3 is 2.80 bits per heavy atom. The molecule has 4 heteroatoms. The summed E-state index contributed by atoms with van der Waals surface area (Å²) in [5, 5.41) is 0. The molecule has 0 unspecified atom stereocenters. The Balaban J connectivity index is 3.09. The lowest BCUT2D eigenvalue weighted by molar-refractivity contribution is -0.148. The summed E-state index contributed by atoms with van der Waals surface area (Å²) in [4.78, 5) is 10.7. The monoisotopic (exact) mass is 258 g/mol. The molecule has 3 nitrogen and oxygen atoms in total. The molecule has 0 bridgehead atoms. The van der Waals surface area contributed by atoms with Crippen LogP contribution in [-0.2, 0) is 12.6 Å². The van der Waals surface area contributed by atoms with Crippen molar-refractivity contribution in [2.24, 2.45) is 0 Å². The van der Waals surface area contributed by atoms with Crippen LogP contribution >= 0.6 is 23.0 Å². The second-order valence-electron chi connectivity index (χ2n) is 1.85. The average Bonchev–Trinajstić information content (AvgIpc) is 1.97. The van der Waals surface area contributed by atoms with Gasteiger partial charge in [-0.25, -0.2) is 0 Å². The van der Waals surface area contributed by atoms with Crippen LogP contribution in [0.2, 0.25) is 0 Å². The molecule has 0 atom stereocenters. The first kappa shape index (κ1) is 10.2. The van der Waals surface area contributed by atoms with Gasteiger partial charge in [-0.3, -0.25) is 7.86 Å². The van der Waals surface area contributed by atoms with Gasteiger partial charge in [-0.1, -0.05) is 13.3 Å². The van der Waals surface area contributed by atoms with Gasteiger partial charge in [0.2, 0.25) is 6.79 Å². The van der Waals surface area contributed by atoms with E-state index < -0.39 is 0 Å². The number of carbonyl (C=O) groups excluding carboxylic acids is 1. The van der Waals surface area contributed by atoms with E-state index in [9.17, 15) is 4.79 Å². The van der Waals surface area contributed by atoms with E-state index >= 15 is 0 Å². The summed E-state index contributed by atoms with van der Waals surface area (Å²) in [6.07, 6.45) is 2.40. The fourth-order valence-corrected chi connectivity index (χ4v) is 0.608. The minimum atomic E-state index is -0.182. The van der Waals surface area contributed by atoms with E-state index in [0.717, 1.165) is 12.8 Å². The first-order chi connectivity index (χ1) is 4.81. The van der Waals surface area contributed by atoms with E-state index in [1.54, 1.807) is 23.0 Å². The molecule has 0 aliphatic rings. The molecule has 0 amide bonds. The standard InChI is InChI=1S/C6H11IO3/c1-2-3-4-6(8)9-5-10-7/h2-5H2,1H3. The molecule has 0 rings (SSSR count). The van der Waals surface area contributed by atoms with Crippen molar-refractivity contribution in [1.29, 1.82) is 0 Å². The highest BCUT2D eigenvalue weighted by atomic mass is 127. The highest BCUT2D eigenvalue weighted by Gasteiger charge is 1.99. The molecule has 0 saturated carbocycles. The van der Waals surface area contributed by atoms with Crippen molar-refractivity contribution in [3.63, 3.8) is 0 Å².